The van der Waals surface area contributed by atoms with Crippen molar-refractivity contribution in [2.45, 2.75) is 25.8 Å². The van der Waals surface area contributed by atoms with Gasteiger partial charge in [-0.2, -0.15) is 0 Å². The van der Waals surface area contributed by atoms with E-state index in [0.29, 0.717) is 22.4 Å². The van der Waals surface area contributed by atoms with Crippen molar-refractivity contribution in [1.82, 2.24) is 5.32 Å². The highest BCUT2D eigenvalue weighted by atomic mass is 16.7. The average molecular weight is 581 g/mol. The van der Waals surface area contributed by atoms with E-state index >= 15 is 0 Å². The van der Waals surface area contributed by atoms with E-state index in [-0.39, 0.29) is 42.4 Å². The fourth-order valence-electron chi connectivity index (χ4n) is 4.29. The first-order valence-corrected chi connectivity index (χ1v) is 13.7. The van der Waals surface area contributed by atoms with E-state index in [1.165, 1.54) is 24.3 Å². The standard InChI is InChI=1S/C33H28N2O8/c1-21-2-3-25(32(37)34-26-10-11-26)20-30(21)22-4-6-23(7-5-22)31(36)24-8-14-28(15-9-24)41-18-19-42-33(38)43-29-16-12-27(13-17-29)35(39)40/h2-9,12-17,20,26H,10-11,18-19H2,1H3,(H,34,37). The Hall–Kier alpha value is -5.51. The quantitative estimate of drug-likeness (QED) is 0.0546. The summed E-state index contributed by atoms with van der Waals surface area (Å²) in [6.07, 6.45) is 1.09. The predicted octanol–water partition coefficient (Wildman–Crippen LogP) is 6.29. The summed E-state index contributed by atoms with van der Waals surface area (Å²) in [5, 5.41) is 13.7. The number of aryl methyl sites for hydroxylation is 1. The number of ketones is 1. The van der Waals surface area contributed by atoms with Crippen molar-refractivity contribution in [3.05, 3.63) is 123 Å². The molecule has 0 spiro atoms. The first-order chi connectivity index (χ1) is 20.8. The van der Waals surface area contributed by atoms with E-state index in [4.69, 9.17) is 14.2 Å². The molecule has 4 aromatic carbocycles. The first-order valence-electron chi connectivity index (χ1n) is 13.7. The highest BCUT2D eigenvalue weighted by Crippen LogP contribution is 2.27. The van der Waals surface area contributed by atoms with Crippen LogP contribution >= 0.6 is 0 Å². The number of hydrogen-bond donors (Lipinski definition) is 1. The minimum Gasteiger partial charge on any atom is -0.490 e. The Morgan fingerprint density at radius 3 is 2.05 bits per heavy atom. The molecule has 218 valence electrons. The van der Waals surface area contributed by atoms with Gasteiger partial charge in [0.05, 0.1) is 4.92 Å². The van der Waals surface area contributed by atoms with Gasteiger partial charge in [0.15, 0.2) is 5.78 Å². The van der Waals surface area contributed by atoms with Crippen LogP contribution in [0.2, 0.25) is 0 Å². The van der Waals surface area contributed by atoms with Crippen molar-refractivity contribution in [3.8, 4) is 22.6 Å². The van der Waals surface area contributed by atoms with E-state index in [2.05, 4.69) is 5.32 Å². The summed E-state index contributed by atoms with van der Waals surface area (Å²) in [6.45, 7) is 1.94. The van der Waals surface area contributed by atoms with Crippen LogP contribution in [0.1, 0.15) is 44.7 Å². The molecule has 1 fully saturated rings. The summed E-state index contributed by atoms with van der Waals surface area (Å²) >= 11 is 0. The van der Waals surface area contributed by atoms with Crippen LogP contribution < -0.4 is 14.8 Å². The zero-order valence-corrected chi connectivity index (χ0v) is 23.3. The third-order valence-corrected chi connectivity index (χ3v) is 6.81. The van der Waals surface area contributed by atoms with Gasteiger partial charge >= 0.3 is 6.16 Å². The van der Waals surface area contributed by atoms with Crippen LogP contribution in [0, 0.1) is 17.0 Å². The molecular weight excluding hydrogens is 552 g/mol. The number of hydrogen-bond acceptors (Lipinski definition) is 8. The van der Waals surface area contributed by atoms with Crippen LogP contribution in [-0.2, 0) is 4.74 Å². The summed E-state index contributed by atoms with van der Waals surface area (Å²) in [4.78, 5) is 47.5. The second-order valence-corrected chi connectivity index (χ2v) is 10.0. The minimum atomic E-state index is -0.966. The van der Waals surface area contributed by atoms with Gasteiger partial charge in [-0.15, -0.1) is 0 Å². The van der Waals surface area contributed by atoms with E-state index in [9.17, 15) is 24.5 Å². The summed E-state index contributed by atoms with van der Waals surface area (Å²) < 4.78 is 15.5. The monoisotopic (exact) mass is 580 g/mol. The lowest BCUT2D eigenvalue weighted by molar-refractivity contribution is -0.384. The van der Waals surface area contributed by atoms with Gasteiger partial charge in [-0.05, 0) is 85.0 Å². The van der Waals surface area contributed by atoms with Crippen molar-refractivity contribution >= 4 is 23.5 Å². The molecule has 10 nitrogen and oxygen atoms in total. The molecule has 1 aliphatic carbocycles. The molecule has 1 amide bonds. The Morgan fingerprint density at radius 1 is 0.814 bits per heavy atom. The first kappa shape index (κ1) is 29.0. The zero-order chi connectivity index (χ0) is 30.3. The number of amides is 1. The second kappa shape index (κ2) is 13.0. The number of nitro groups is 1. The van der Waals surface area contributed by atoms with Gasteiger partial charge in [-0.1, -0.05) is 30.3 Å². The van der Waals surface area contributed by atoms with Gasteiger partial charge in [-0.3, -0.25) is 19.7 Å². The fraction of sp³-hybridized carbons (Fsp3) is 0.182. The molecule has 10 heteroatoms. The van der Waals surface area contributed by atoms with Crippen LogP contribution in [0.25, 0.3) is 11.1 Å². The van der Waals surface area contributed by atoms with E-state index < -0.39 is 11.1 Å². The molecule has 0 aromatic heterocycles. The topological polar surface area (TPSA) is 134 Å². The molecule has 43 heavy (non-hydrogen) atoms. The number of carbonyl (C=O) groups excluding carboxylic acids is 3. The molecule has 1 saturated carbocycles. The number of nitro benzene ring substituents is 1. The zero-order valence-electron chi connectivity index (χ0n) is 23.3. The maximum absolute atomic E-state index is 13.1. The van der Waals surface area contributed by atoms with Crippen molar-refractivity contribution in [3.63, 3.8) is 0 Å². The minimum absolute atomic E-state index is 0.0486. The van der Waals surface area contributed by atoms with Gasteiger partial charge in [0.25, 0.3) is 11.6 Å². The molecule has 5 rings (SSSR count). The molecule has 0 bridgehead atoms. The molecular formula is C33H28N2O8. The van der Waals surface area contributed by atoms with Gasteiger partial charge in [-0.25, -0.2) is 4.79 Å². The lowest BCUT2D eigenvalue weighted by Crippen LogP contribution is -2.25. The molecule has 0 heterocycles. The molecule has 1 N–H and O–H groups in total. The maximum atomic E-state index is 13.1. The second-order valence-electron chi connectivity index (χ2n) is 10.0. The van der Waals surface area contributed by atoms with Crippen LogP contribution in [-0.4, -0.2) is 42.0 Å². The van der Waals surface area contributed by atoms with Gasteiger partial charge < -0.3 is 19.5 Å². The average Bonchev–Trinajstić information content (AvgIpc) is 3.84. The van der Waals surface area contributed by atoms with Gasteiger partial charge in [0.2, 0.25) is 0 Å². The summed E-state index contributed by atoms with van der Waals surface area (Å²) in [5.41, 5.74) is 4.39. The number of nitrogens with zero attached hydrogens (tertiary/aromatic N) is 1. The van der Waals surface area contributed by atoms with Crippen molar-refractivity contribution in [2.75, 3.05) is 13.2 Å². The Morgan fingerprint density at radius 2 is 1.42 bits per heavy atom. The molecule has 0 atom stereocenters. The van der Waals surface area contributed by atoms with E-state index in [1.807, 2.05) is 37.3 Å². The normalized spacial score (nSPS) is 12.2. The van der Waals surface area contributed by atoms with Crippen molar-refractivity contribution in [1.29, 1.82) is 0 Å². The van der Waals surface area contributed by atoms with Crippen molar-refractivity contribution in [2.24, 2.45) is 0 Å². The Kier molecular flexibility index (Phi) is 8.76. The Labute approximate surface area is 247 Å². The Bertz CT molecular complexity index is 1640. The van der Waals surface area contributed by atoms with E-state index in [0.717, 1.165) is 29.5 Å². The van der Waals surface area contributed by atoms with Crippen LogP contribution in [0.4, 0.5) is 10.5 Å². The molecule has 0 aliphatic heterocycles. The van der Waals surface area contributed by atoms with E-state index in [1.54, 1.807) is 36.4 Å². The summed E-state index contributed by atoms with van der Waals surface area (Å²) in [7, 11) is 0. The van der Waals surface area contributed by atoms with Gasteiger partial charge in [0.1, 0.15) is 24.7 Å². The molecule has 1 aliphatic rings. The number of non-ortho nitro benzene ring substituents is 1. The number of ether oxygens (including phenoxy) is 3. The lowest BCUT2D eigenvalue weighted by Gasteiger charge is -2.11. The highest BCUT2D eigenvalue weighted by molar-refractivity contribution is 6.09. The smallest absolute Gasteiger partial charge is 0.490 e. The summed E-state index contributed by atoms with van der Waals surface area (Å²) in [5.74, 6) is 0.381. The fourth-order valence-corrected chi connectivity index (χ4v) is 4.29. The lowest BCUT2D eigenvalue weighted by atomic mass is 9.95. The maximum Gasteiger partial charge on any atom is 0.513 e. The highest BCUT2D eigenvalue weighted by Gasteiger charge is 2.24. The molecule has 0 radical (unpaired) electrons. The Balaban J connectivity index is 1.11. The molecule has 0 saturated heterocycles. The third kappa shape index (κ3) is 7.62. The molecule has 4 aromatic rings. The van der Waals surface area contributed by atoms with Crippen LogP contribution in [0.15, 0.2) is 91.0 Å². The molecule has 0 unspecified atom stereocenters. The largest absolute Gasteiger partial charge is 0.513 e. The number of rotatable bonds is 11. The number of nitrogens with one attached hydrogen (secondary N) is 1. The van der Waals surface area contributed by atoms with Crippen LogP contribution in [0.3, 0.4) is 0 Å². The summed E-state index contributed by atoms with van der Waals surface area (Å²) in [6, 6.07) is 24.9. The number of carbonyl (C=O) groups is 3. The third-order valence-electron chi connectivity index (χ3n) is 6.81. The van der Waals surface area contributed by atoms with Crippen molar-refractivity contribution < 1.29 is 33.5 Å². The number of benzene rings is 4. The SMILES string of the molecule is Cc1ccc(C(=O)NC2CC2)cc1-c1ccc(C(=O)c2ccc(OCCOC(=O)Oc3ccc([N+](=O)[O-])cc3)cc2)cc1. The van der Waals surface area contributed by atoms with Crippen LogP contribution in [0.5, 0.6) is 11.5 Å². The van der Waals surface area contributed by atoms with Gasteiger partial charge in [0, 0.05) is 34.9 Å². The predicted molar refractivity (Wildman–Crippen MR) is 158 cm³/mol.